The molecule has 0 amide bonds. The van der Waals surface area contributed by atoms with Gasteiger partial charge in [-0.2, -0.15) is 18.2 Å². The molecule has 2 aromatic rings. The maximum Gasteiger partial charge on any atom is 2.00 e. The third-order valence-corrected chi connectivity index (χ3v) is 2.41. The molecule has 0 saturated heterocycles. The molecular weight excluding hydrogens is 292 g/mol. The zero-order valence-electron chi connectivity index (χ0n) is 10.8. The second kappa shape index (κ2) is 8.92. The van der Waals surface area contributed by atoms with Crippen molar-refractivity contribution in [3.05, 3.63) is 96.5 Å². The van der Waals surface area contributed by atoms with Crippen molar-refractivity contribution < 1.29 is 26.9 Å². The van der Waals surface area contributed by atoms with Gasteiger partial charge in [0.1, 0.15) is 0 Å². The molecule has 0 spiro atoms. The molecule has 0 N–H and O–H groups in total. The first-order valence-corrected chi connectivity index (χ1v) is 6.02. The zero-order chi connectivity index (χ0) is 13.3. The minimum Gasteiger partial charge on any atom is -0.579 e. The van der Waals surface area contributed by atoms with Gasteiger partial charge in [-0.1, -0.05) is 42.5 Å². The average molecular weight is 306 g/mol. The summed E-state index contributed by atoms with van der Waals surface area (Å²) in [6, 6.07) is 19.0. The third kappa shape index (κ3) is 5.27. The van der Waals surface area contributed by atoms with Gasteiger partial charge in [-0.05, 0) is 17.7 Å². The summed E-state index contributed by atoms with van der Waals surface area (Å²) in [5.41, 5.74) is 0.578. The van der Waals surface area contributed by atoms with Crippen molar-refractivity contribution in [1.82, 2.24) is 0 Å². The van der Waals surface area contributed by atoms with E-state index in [0.717, 1.165) is 0 Å². The smallest absolute Gasteiger partial charge is 0.579 e. The summed E-state index contributed by atoms with van der Waals surface area (Å²) < 4.78 is 5.12. The van der Waals surface area contributed by atoms with Crippen LogP contribution in [0, 0.1) is 0 Å². The van der Waals surface area contributed by atoms with Crippen molar-refractivity contribution in [2.75, 3.05) is 0 Å². The molecule has 0 aliphatic heterocycles. The van der Waals surface area contributed by atoms with Gasteiger partial charge in [-0.25, -0.2) is 12.1 Å². The van der Waals surface area contributed by atoms with Crippen molar-refractivity contribution in [2.45, 2.75) is 0 Å². The molecule has 0 fully saturated rings. The van der Waals surface area contributed by atoms with Gasteiger partial charge >= 0.3 is 17.1 Å². The van der Waals surface area contributed by atoms with Gasteiger partial charge in [0, 0.05) is 5.75 Å². The predicted octanol–water partition coefficient (Wildman–Crippen LogP) is 3.17. The van der Waals surface area contributed by atoms with Crippen LogP contribution in [-0.2, 0) is 17.1 Å². The Morgan fingerprint density at radius 3 is 2.00 bits per heavy atom. The predicted molar refractivity (Wildman–Crippen MR) is 74.4 cm³/mol. The number of hydrogen-bond acceptors (Lipinski definition) is 2. The first-order chi connectivity index (χ1) is 9.36. The molecule has 0 bridgehead atoms. The van der Waals surface area contributed by atoms with E-state index in [-0.39, 0.29) is 23.0 Å². The topological polar surface area (TPSA) is 32.3 Å². The molecule has 2 aromatic carbocycles. The molecule has 102 valence electrons. The van der Waals surface area contributed by atoms with Gasteiger partial charge in [0.05, 0.1) is 5.95 Å². The summed E-state index contributed by atoms with van der Waals surface area (Å²) in [4.78, 5) is 0. The quantitative estimate of drug-likeness (QED) is 0.485. The summed E-state index contributed by atoms with van der Waals surface area (Å²) in [5, 5.41) is 11.5. The standard InChI is InChI=1S/C12H10O2.C5H5.Fe/c13-12(10-6-4-5-7-10)14-11-8-2-1-3-9-11;1-2-4-5-3-1;/h1-9,13H;1-5H;/q;-1;+2/p-1. The van der Waals surface area contributed by atoms with Crippen LogP contribution in [0.25, 0.3) is 0 Å². The summed E-state index contributed by atoms with van der Waals surface area (Å²) in [7, 11) is 0. The first-order valence-electron chi connectivity index (χ1n) is 6.02. The van der Waals surface area contributed by atoms with Crippen LogP contribution >= 0.6 is 0 Å². The molecule has 0 saturated carbocycles. The molecule has 20 heavy (non-hydrogen) atoms. The molecule has 0 heterocycles. The number of para-hydroxylation sites is 1. The fourth-order valence-corrected chi connectivity index (χ4v) is 1.49. The van der Waals surface area contributed by atoms with Crippen LogP contribution in [0.1, 0.15) is 0 Å². The summed E-state index contributed by atoms with van der Waals surface area (Å²) in [5.74, 6) is 0.250. The van der Waals surface area contributed by atoms with E-state index in [1.807, 2.05) is 60.7 Å². The second-order valence-electron chi connectivity index (χ2n) is 3.84. The van der Waals surface area contributed by atoms with Gasteiger partial charge in [0.25, 0.3) is 0 Å². The number of ether oxygens (including phenoxy) is 1. The maximum absolute atomic E-state index is 11.5. The van der Waals surface area contributed by atoms with Crippen LogP contribution in [0.15, 0.2) is 96.5 Å². The van der Waals surface area contributed by atoms with Crippen molar-refractivity contribution >= 4 is 0 Å². The summed E-state index contributed by atoms with van der Waals surface area (Å²) in [6.45, 7) is 0. The molecule has 1 aliphatic carbocycles. The van der Waals surface area contributed by atoms with Gasteiger partial charge in [0.2, 0.25) is 0 Å². The fourth-order valence-electron chi connectivity index (χ4n) is 1.49. The van der Waals surface area contributed by atoms with Crippen molar-refractivity contribution in [1.29, 1.82) is 0 Å². The van der Waals surface area contributed by atoms with E-state index >= 15 is 0 Å². The summed E-state index contributed by atoms with van der Waals surface area (Å²) in [6.07, 6.45) is 7.07. The van der Waals surface area contributed by atoms with Gasteiger partial charge < -0.3 is 9.84 Å². The number of rotatable bonds is 2. The Bertz CT molecular complexity index is 535. The molecule has 0 radical (unpaired) electrons. The van der Waals surface area contributed by atoms with E-state index in [1.54, 1.807) is 24.3 Å². The van der Waals surface area contributed by atoms with Crippen molar-refractivity contribution in [3.8, 4) is 5.75 Å². The molecule has 1 aliphatic rings. The van der Waals surface area contributed by atoms with E-state index in [2.05, 4.69) is 0 Å². The minimum atomic E-state index is -0.318. The van der Waals surface area contributed by atoms with Crippen molar-refractivity contribution in [2.24, 2.45) is 0 Å². The van der Waals surface area contributed by atoms with E-state index in [9.17, 15) is 5.11 Å². The molecule has 0 aromatic heterocycles. The minimum absolute atomic E-state index is 0. The number of benzene rings is 1. The van der Waals surface area contributed by atoms with Crippen LogP contribution in [0.5, 0.6) is 5.75 Å². The molecular formula is C17H14FeO2. The van der Waals surface area contributed by atoms with Crippen LogP contribution < -0.4 is 9.84 Å². The van der Waals surface area contributed by atoms with E-state index < -0.39 is 0 Å². The molecule has 3 heteroatoms. The van der Waals surface area contributed by atoms with Crippen LogP contribution in [0.4, 0.5) is 0 Å². The molecule has 0 atom stereocenters. The molecule has 3 rings (SSSR count). The Balaban J connectivity index is 0.000000283. The fraction of sp³-hybridized carbons (Fsp3) is 0. The molecule has 0 unspecified atom stereocenters. The SMILES string of the molecule is [Fe+2].[O-]C(Oc1ccccc1)=C1C=CC=C1.c1cc[cH-]c1. The average Bonchev–Trinajstić information content (AvgIpc) is 3.16. The van der Waals surface area contributed by atoms with Gasteiger partial charge in [0.15, 0.2) is 0 Å². The van der Waals surface area contributed by atoms with E-state index in [1.165, 1.54) is 0 Å². The van der Waals surface area contributed by atoms with Crippen molar-refractivity contribution in [3.63, 3.8) is 0 Å². The van der Waals surface area contributed by atoms with E-state index in [0.29, 0.717) is 11.3 Å². The Morgan fingerprint density at radius 1 is 0.900 bits per heavy atom. The Morgan fingerprint density at radius 2 is 1.50 bits per heavy atom. The molecule has 2 nitrogen and oxygen atoms in total. The second-order valence-corrected chi connectivity index (χ2v) is 3.84. The zero-order valence-corrected chi connectivity index (χ0v) is 11.9. The third-order valence-electron chi connectivity index (χ3n) is 2.41. The Hall–Kier alpha value is -2.09. The largest absolute Gasteiger partial charge is 2.00 e. The maximum atomic E-state index is 11.5. The summed E-state index contributed by atoms with van der Waals surface area (Å²) >= 11 is 0. The van der Waals surface area contributed by atoms with Gasteiger partial charge in [-0.15, -0.1) is 0 Å². The Labute approximate surface area is 129 Å². The number of hydrogen-bond donors (Lipinski definition) is 0. The van der Waals surface area contributed by atoms with Gasteiger partial charge in [-0.3, -0.25) is 0 Å². The number of allylic oxidation sites excluding steroid dienone is 5. The Kier molecular flexibility index (Phi) is 7.12. The van der Waals surface area contributed by atoms with Crippen LogP contribution in [-0.4, -0.2) is 0 Å². The van der Waals surface area contributed by atoms with Crippen LogP contribution in [0.2, 0.25) is 0 Å². The monoisotopic (exact) mass is 306 g/mol. The van der Waals surface area contributed by atoms with E-state index in [4.69, 9.17) is 4.74 Å². The first kappa shape index (κ1) is 16.0. The normalized spacial score (nSPS) is 11.3. The van der Waals surface area contributed by atoms with Crippen LogP contribution in [0.3, 0.4) is 0 Å².